The summed E-state index contributed by atoms with van der Waals surface area (Å²) in [6.45, 7) is 0. The molecule has 0 fully saturated rings. The molecular formula is C8H5F5O2S. The van der Waals surface area contributed by atoms with Crippen molar-refractivity contribution in [3.05, 3.63) is 35.4 Å². The Balaban J connectivity index is 3.17. The third-order valence-electron chi connectivity index (χ3n) is 1.75. The van der Waals surface area contributed by atoms with Gasteiger partial charge in [0.15, 0.2) is 0 Å². The fourth-order valence-electron chi connectivity index (χ4n) is 0.942. The standard InChI is InChI=1S/C8H5F5O2S/c9-6-2-1-3-7(10)5(6)4-16(14,15)8(11,12)13/h1-3H,4H2. The number of hydrogen-bond acceptors (Lipinski definition) is 2. The zero-order chi connectivity index (χ0) is 12.6. The van der Waals surface area contributed by atoms with Crippen LogP contribution in [0.3, 0.4) is 0 Å². The Bertz CT molecular complexity index is 471. The summed E-state index contributed by atoms with van der Waals surface area (Å²) in [6.07, 6.45) is 0. The van der Waals surface area contributed by atoms with E-state index in [2.05, 4.69) is 0 Å². The van der Waals surface area contributed by atoms with E-state index in [9.17, 15) is 30.4 Å². The van der Waals surface area contributed by atoms with E-state index in [4.69, 9.17) is 0 Å². The van der Waals surface area contributed by atoms with Gasteiger partial charge in [-0.05, 0) is 12.1 Å². The Morgan fingerprint density at radius 3 is 1.88 bits per heavy atom. The van der Waals surface area contributed by atoms with Crippen molar-refractivity contribution in [3.8, 4) is 0 Å². The molecule has 1 aromatic carbocycles. The highest BCUT2D eigenvalue weighted by Gasteiger charge is 2.46. The first-order chi connectivity index (χ1) is 7.15. The molecule has 0 amide bonds. The lowest BCUT2D eigenvalue weighted by atomic mass is 10.2. The van der Waals surface area contributed by atoms with E-state index in [0.29, 0.717) is 12.1 Å². The topological polar surface area (TPSA) is 34.1 Å². The van der Waals surface area contributed by atoms with Gasteiger partial charge >= 0.3 is 5.51 Å². The van der Waals surface area contributed by atoms with Crippen LogP contribution in [0, 0.1) is 11.6 Å². The van der Waals surface area contributed by atoms with Gasteiger partial charge < -0.3 is 0 Å². The highest BCUT2D eigenvalue weighted by molar-refractivity contribution is 7.91. The molecule has 1 rings (SSSR count). The van der Waals surface area contributed by atoms with Gasteiger partial charge in [0.2, 0.25) is 0 Å². The lowest BCUT2D eigenvalue weighted by Crippen LogP contribution is -2.25. The lowest BCUT2D eigenvalue weighted by molar-refractivity contribution is -0.0437. The van der Waals surface area contributed by atoms with Crippen LogP contribution >= 0.6 is 0 Å². The number of benzene rings is 1. The Morgan fingerprint density at radius 1 is 1.06 bits per heavy atom. The fourth-order valence-corrected chi connectivity index (χ4v) is 1.76. The van der Waals surface area contributed by atoms with Crippen molar-refractivity contribution in [1.29, 1.82) is 0 Å². The molecule has 1 aromatic rings. The van der Waals surface area contributed by atoms with Gasteiger partial charge in [-0.15, -0.1) is 0 Å². The maximum absolute atomic E-state index is 12.9. The molecule has 0 aliphatic carbocycles. The quantitative estimate of drug-likeness (QED) is 0.765. The van der Waals surface area contributed by atoms with Crippen molar-refractivity contribution in [2.24, 2.45) is 0 Å². The summed E-state index contributed by atoms with van der Waals surface area (Å²) in [4.78, 5) is 0. The number of alkyl halides is 3. The van der Waals surface area contributed by atoms with Crippen LogP contribution in [-0.4, -0.2) is 13.9 Å². The number of halogens is 5. The first-order valence-corrected chi connectivity index (χ1v) is 5.52. The van der Waals surface area contributed by atoms with E-state index in [1.54, 1.807) is 0 Å². The first-order valence-electron chi connectivity index (χ1n) is 3.87. The molecule has 0 unspecified atom stereocenters. The molecule has 0 saturated carbocycles. The van der Waals surface area contributed by atoms with Crippen molar-refractivity contribution in [2.75, 3.05) is 0 Å². The third kappa shape index (κ3) is 2.49. The van der Waals surface area contributed by atoms with Crippen LogP contribution in [0.5, 0.6) is 0 Å². The summed E-state index contributed by atoms with van der Waals surface area (Å²) in [5, 5.41) is 0. The molecule has 0 atom stereocenters. The summed E-state index contributed by atoms with van der Waals surface area (Å²) in [7, 11) is -5.58. The Kier molecular flexibility index (Phi) is 3.22. The predicted octanol–water partition coefficient (Wildman–Crippen LogP) is 2.40. The molecule has 0 N–H and O–H groups in total. The smallest absolute Gasteiger partial charge is 0.219 e. The van der Waals surface area contributed by atoms with Crippen molar-refractivity contribution in [3.63, 3.8) is 0 Å². The van der Waals surface area contributed by atoms with E-state index in [1.807, 2.05) is 0 Å². The zero-order valence-electron chi connectivity index (χ0n) is 7.55. The van der Waals surface area contributed by atoms with Gasteiger partial charge in [0, 0.05) is 5.56 Å². The van der Waals surface area contributed by atoms with E-state index in [-0.39, 0.29) is 0 Å². The highest BCUT2D eigenvalue weighted by Crippen LogP contribution is 2.28. The minimum atomic E-state index is -5.58. The van der Waals surface area contributed by atoms with Crippen molar-refractivity contribution >= 4 is 9.84 Å². The second kappa shape index (κ2) is 4.00. The minimum Gasteiger partial charge on any atom is -0.219 e. The number of hydrogen-bond donors (Lipinski definition) is 0. The summed E-state index contributed by atoms with van der Waals surface area (Å²) in [5.41, 5.74) is -6.64. The van der Waals surface area contributed by atoms with Crippen LogP contribution in [0.1, 0.15) is 5.56 Å². The predicted molar refractivity (Wildman–Crippen MR) is 45.0 cm³/mol. The van der Waals surface area contributed by atoms with Crippen LogP contribution in [0.25, 0.3) is 0 Å². The molecular weight excluding hydrogens is 255 g/mol. The number of sulfone groups is 1. The number of rotatable bonds is 2. The van der Waals surface area contributed by atoms with Gasteiger partial charge in [-0.1, -0.05) is 6.07 Å². The molecule has 0 aliphatic rings. The van der Waals surface area contributed by atoms with Crippen LogP contribution in [0.15, 0.2) is 18.2 Å². The second-order valence-corrected chi connectivity index (χ2v) is 4.89. The van der Waals surface area contributed by atoms with Gasteiger partial charge in [0.1, 0.15) is 11.6 Å². The molecule has 0 heterocycles. The van der Waals surface area contributed by atoms with Crippen molar-refractivity contribution in [1.82, 2.24) is 0 Å². The molecule has 2 nitrogen and oxygen atoms in total. The van der Waals surface area contributed by atoms with Gasteiger partial charge in [-0.3, -0.25) is 0 Å². The first kappa shape index (κ1) is 12.9. The van der Waals surface area contributed by atoms with Crippen LogP contribution in [-0.2, 0) is 15.6 Å². The monoisotopic (exact) mass is 260 g/mol. The largest absolute Gasteiger partial charge is 0.497 e. The zero-order valence-corrected chi connectivity index (χ0v) is 8.37. The maximum Gasteiger partial charge on any atom is 0.497 e. The molecule has 16 heavy (non-hydrogen) atoms. The van der Waals surface area contributed by atoms with Gasteiger partial charge in [-0.2, -0.15) is 13.2 Å². The Labute approximate surface area is 87.6 Å². The van der Waals surface area contributed by atoms with E-state index in [0.717, 1.165) is 6.07 Å². The summed E-state index contributed by atoms with van der Waals surface area (Å²) < 4.78 is 83.0. The van der Waals surface area contributed by atoms with Crippen molar-refractivity contribution < 1.29 is 30.4 Å². The normalized spacial score (nSPS) is 12.8. The fraction of sp³-hybridized carbons (Fsp3) is 0.250. The SMILES string of the molecule is O=S(=O)(Cc1c(F)cccc1F)C(F)(F)F. The molecule has 0 bridgehead atoms. The van der Waals surface area contributed by atoms with Crippen molar-refractivity contribution in [2.45, 2.75) is 11.3 Å². The average Bonchev–Trinajstić information content (AvgIpc) is 2.10. The lowest BCUT2D eigenvalue weighted by Gasteiger charge is -2.09. The van der Waals surface area contributed by atoms with E-state index < -0.39 is 38.3 Å². The summed E-state index contributed by atoms with van der Waals surface area (Å²) in [5.74, 6) is -4.39. The second-order valence-electron chi connectivity index (χ2n) is 2.91. The Morgan fingerprint density at radius 2 is 1.50 bits per heavy atom. The summed E-state index contributed by atoms with van der Waals surface area (Å²) in [6, 6.07) is 2.29. The van der Waals surface area contributed by atoms with Gasteiger partial charge in [-0.25, -0.2) is 17.2 Å². The van der Waals surface area contributed by atoms with Crippen LogP contribution in [0.4, 0.5) is 22.0 Å². The van der Waals surface area contributed by atoms with Gasteiger partial charge in [0.05, 0.1) is 5.75 Å². The maximum atomic E-state index is 12.9. The molecule has 0 aliphatic heterocycles. The third-order valence-corrected chi connectivity index (χ3v) is 3.12. The summed E-state index contributed by atoms with van der Waals surface area (Å²) >= 11 is 0. The minimum absolute atomic E-state index is 0.685. The van der Waals surface area contributed by atoms with Crippen LogP contribution < -0.4 is 0 Å². The van der Waals surface area contributed by atoms with Crippen LogP contribution in [0.2, 0.25) is 0 Å². The van der Waals surface area contributed by atoms with Gasteiger partial charge in [0.25, 0.3) is 9.84 Å². The Hall–Kier alpha value is -1.18. The molecule has 0 spiro atoms. The van der Waals surface area contributed by atoms with E-state index in [1.165, 1.54) is 0 Å². The van der Waals surface area contributed by atoms with E-state index >= 15 is 0 Å². The average molecular weight is 260 g/mol. The molecule has 90 valence electrons. The molecule has 8 heteroatoms. The highest BCUT2D eigenvalue weighted by atomic mass is 32.2. The molecule has 0 aromatic heterocycles. The molecule has 0 saturated heterocycles. The molecule has 0 radical (unpaired) electrons.